The molecular weight excluding hydrogens is 150 g/mol. The largest absolute Gasteiger partial charge is 0.399 e. The molecule has 0 aromatic carbocycles. The minimum Gasteiger partial charge on any atom is -0.399 e. The topological polar surface area (TPSA) is 3.24 Å². The molecule has 1 rings (SSSR count). The lowest BCUT2D eigenvalue weighted by atomic mass is 10.3. The van der Waals surface area contributed by atoms with E-state index in [9.17, 15) is 0 Å². The molecule has 0 spiro atoms. The molecule has 2 heteroatoms. The van der Waals surface area contributed by atoms with E-state index >= 15 is 0 Å². The summed E-state index contributed by atoms with van der Waals surface area (Å²) in [5, 5.41) is 0. The molecule has 1 atom stereocenters. The summed E-state index contributed by atoms with van der Waals surface area (Å²) >= 11 is 0. The third kappa shape index (κ3) is 1.67. The van der Waals surface area contributed by atoms with Crippen LogP contribution in [0.25, 0.3) is 0 Å². The van der Waals surface area contributed by atoms with Crippen molar-refractivity contribution in [3.63, 3.8) is 0 Å². The van der Waals surface area contributed by atoms with Crippen molar-refractivity contribution in [2.24, 2.45) is 0 Å². The maximum atomic E-state index is 2.63. The maximum Gasteiger partial charge on any atom is 0.147 e. The highest BCUT2D eigenvalue weighted by Crippen LogP contribution is 2.27. The van der Waals surface area contributed by atoms with Crippen LogP contribution in [-0.2, 0) is 0 Å². The van der Waals surface area contributed by atoms with Gasteiger partial charge in [-0.25, -0.2) is 0 Å². The quantitative estimate of drug-likeness (QED) is 0.546. The van der Waals surface area contributed by atoms with E-state index in [1.165, 1.54) is 12.1 Å². The van der Waals surface area contributed by atoms with Crippen LogP contribution in [0.1, 0.15) is 20.3 Å². The molecule has 1 aliphatic heterocycles. The third-order valence-corrected chi connectivity index (χ3v) is 4.54. The van der Waals surface area contributed by atoms with Gasteiger partial charge in [-0.2, -0.15) is 0 Å². The third-order valence-electron chi connectivity index (χ3n) is 2.30. The van der Waals surface area contributed by atoms with Gasteiger partial charge in [0, 0.05) is 6.04 Å². The molecule has 1 unspecified atom stereocenters. The van der Waals surface area contributed by atoms with Gasteiger partial charge in [-0.3, -0.25) is 0 Å². The van der Waals surface area contributed by atoms with Gasteiger partial charge >= 0.3 is 0 Å². The molecule has 0 saturated heterocycles. The van der Waals surface area contributed by atoms with Crippen LogP contribution in [0.5, 0.6) is 0 Å². The van der Waals surface area contributed by atoms with Gasteiger partial charge in [0.1, 0.15) is 8.24 Å². The number of nitrogens with zero attached hydrogens (tertiary/aromatic N) is 1. The normalized spacial score (nSPS) is 25.7. The van der Waals surface area contributed by atoms with Crippen molar-refractivity contribution in [1.29, 1.82) is 0 Å². The summed E-state index contributed by atoms with van der Waals surface area (Å²) in [7, 11) is -1.09. The Bertz CT molecular complexity index is 178. The van der Waals surface area contributed by atoms with Crippen LogP contribution in [-0.4, -0.2) is 18.8 Å². The molecule has 1 aliphatic rings. The first-order valence-corrected chi connectivity index (χ1v) is 7.84. The van der Waals surface area contributed by atoms with E-state index in [4.69, 9.17) is 0 Å². The fraction of sp³-hybridized carbons (Fsp3) is 0.778. The van der Waals surface area contributed by atoms with Gasteiger partial charge in [0.25, 0.3) is 0 Å². The zero-order valence-electron chi connectivity index (χ0n) is 8.31. The second-order valence-corrected chi connectivity index (χ2v) is 9.29. The SMILES string of the molecule is CC1=CCC(C)N1[Si](C)(C)C. The summed E-state index contributed by atoms with van der Waals surface area (Å²) in [5.74, 6) is 0. The van der Waals surface area contributed by atoms with Crippen LogP contribution in [0.15, 0.2) is 11.8 Å². The highest BCUT2D eigenvalue weighted by molar-refractivity contribution is 6.73. The lowest BCUT2D eigenvalue weighted by Crippen LogP contribution is -2.47. The predicted molar refractivity (Wildman–Crippen MR) is 53.0 cm³/mol. The van der Waals surface area contributed by atoms with Crippen molar-refractivity contribution in [3.8, 4) is 0 Å². The van der Waals surface area contributed by atoms with E-state index in [1.807, 2.05) is 0 Å². The maximum absolute atomic E-state index is 2.63. The molecule has 0 radical (unpaired) electrons. The molecular formula is C9H19NSi. The van der Waals surface area contributed by atoms with Crippen LogP contribution in [0.2, 0.25) is 19.6 Å². The molecule has 0 fully saturated rings. The Balaban J connectivity index is 2.78. The summed E-state index contributed by atoms with van der Waals surface area (Å²) in [6.07, 6.45) is 3.61. The molecule has 0 bridgehead atoms. The number of rotatable bonds is 1. The molecule has 0 aromatic heterocycles. The Labute approximate surface area is 71.2 Å². The second-order valence-electron chi connectivity index (χ2n) is 4.47. The van der Waals surface area contributed by atoms with Crippen LogP contribution in [0.4, 0.5) is 0 Å². The van der Waals surface area contributed by atoms with Gasteiger partial charge in [-0.15, -0.1) is 0 Å². The van der Waals surface area contributed by atoms with E-state index in [0.29, 0.717) is 0 Å². The van der Waals surface area contributed by atoms with E-state index < -0.39 is 8.24 Å². The Morgan fingerprint density at radius 1 is 1.45 bits per heavy atom. The fourth-order valence-electron chi connectivity index (χ4n) is 2.08. The summed E-state index contributed by atoms with van der Waals surface area (Å²) in [6, 6.07) is 0.752. The zero-order valence-corrected chi connectivity index (χ0v) is 9.31. The molecule has 11 heavy (non-hydrogen) atoms. The summed E-state index contributed by atoms with van der Waals surface area (Å²) in [5.41, 5.74) is 1.50. The van der Waals surface area contributed by atoms with Gasteiger partial charge < -0.3 is 4.57 Å². The van der Waals surface area contributed by atoms with Crippen molar-refractivity contribution < 1.29 is 0 Å². The number of allylic oxidation sites excluding steroid dienone is 1. The summed E-state index contributed by atoms with van der Waals surface area (Å²) in [4.78, 5) is 0. The molecule has 0 amide bonds. The van der Waals surface area contributed by atoms with Crippen LogP contribution in [0.3, 0.4) is 0 Å². The van der Waals surface area contributed by atoms with E-state index in [-0.39, 0.29) is 0 Å². The molecule has 1 nitrogen and oxygen atoms in total. The standard InChI is InChI=1S/C9H19NSi/c1-8-6-7-9(2)10(8)11(3,4)5/h6,9H,7H2,1-5H3. The second kappa shape index (κ2) is 2.66. The molecule has 1 heterocycles. The number of hydrogen-bond donors (Lipinski definition) is 0. The molecule has 0 N–H and O–H groups in total. The zero-order chi connectivity index (χ0) is 8.65. The van der Waals surface area contributed by atoms with Crippen molar-refractivity contribution in [3.05, 3.63) is 11.8 Å². The minimum absolute atomic E-state index is 0.752. The Morgan fingerprint density at radius 3 is 2.18 bits per heavy atom. The van der Waals surface area contributed by atoms with Crippen LogP contribution < -0.4 is 0 Å². The van der Waals surface area contributed by atoms with Crippen molar-refractivity contribution in [2.45, 2.75) is 46.0 Å². The van der Waals surface area contributed by atoms with E-state index in [0.717, 1.165) is 6.04 Å². The molecule has 0 saturated carbocycles. The van der Waals surface area contributed by atoms with Gasteiger partial charge in [-0.1, -0.05) is 25.7 Å². The monoisotopic (exact) mass is 169 g/mol. The Morgan fingerprint density at radius 2 is 2.00 bits per heavy atom. The van der Waals surface area contributed by atoms with E-state index in [1.54, 1.807) is 0 Å². The smallest absolute Gasteiger partial charge is 0.147 e. The number of hydrogen-bond acceptors (Lipinski definition) is 1. The molecule has 64 valence electrons. The lowest BCUT2D eigenvalue weighted by Gasteiger charge is -2.37. The van der Waals surface area contributed by atoms with Gasteiger partial charge in [0.15, 0.2) is 0 Å². The first-order chi connectivity index (χ1) is 4.93. The fourth-order valence-corrected chi connectivity index (χ4v) is 4.66. The highest BCUT2D eigenvalue weighted by atomic mass is 28.3. The summed E-state index contributed by atoms with van der Waals surface area (Å²) in [6.45, 7) is 11.8. The average Bonchev–Trinajstić information content (AvgIpc) is 2.08. The Kier molecular flexibility index (Phi) is 2.14. The van der Waals surface area contributed by atoms with Crippen molar-refractivity contribution in [1.82, 2.24) is 4.57 Å². The molecule has 0 aromatic rings. The highest BCUT2D eigenvalue weighted by Gasteiger charge is 2.30. The minimum atomic E-state index is -1.09. The first kappa shape index (κ1) is 8.85. The average molecular weight is 169 g/mol. The van der Waals surface area contributed by atoms with E-state index in [2.05, 4.69) is 44.1 Å². The first-order valence-electron chi connectivity index (χ1n) is 4.39. The summed E-state index contributed by atoms with van der Waals surface area (Å²) < 4.78 is 2.63. The van der Waals surface area contributed by atoms with Gasteiger partial charge in [0.2, 0.25) is 0 Å². The van der Waals surface area contributed by atoms with Gasteiger partial charge in [0.05, 0.1) is 0 Å². The lowest BCUT2D eigenvalue weighted by molar-refractivity contribution is 0.442. The van der Waals surface area contributed by atoms with Crippen molar-refractivity contribution in [2.75, 3.05) is 0 Å². The van der Waals surface area contributed by atoms with Crippen LogP contribution in [0, 0.1) is 0 Å². The predicted octanol–water partition coefficient (Wildman–Crippen LogP) is 2.82. The van der Waals surface area contributed by atoms with Crippen LogP contribution >= 0.6 is 0 Å². The van der Waals surface area contributed by atoms with Crippen molar-refractivity contribution >= 4 is 8.24 Å². The Hall–Kier alpha value is -0.243. The van der Waals surface area contributed by atoms with Gasteiger partial charge in [-0.05, 0) is 26.0 Å². The molecule has 0 aliphatic carbocycles.